The molecule has 0 amide bonds. The molecule has 18 heavy (non-hydrogen) atoms. The van der Waals surface area contributed by atoms with Gasteiger partial charge in [-0.3, -0.25) is 0 Å². The summed E-state index contributed by atoms with van der Waals surface area (Å²) in [5.74, 6) is 0. The van der Waals surface area contributed by atoms with Crippen molar-refractivity contribution in [1.29, 1.82) is 0 Å². The summed E-state index contributed by atoms with van der Waals surface area (Å²) in [7, 11) is 0. The minimum Gasteiger partial charge on any atom is -0.355 e. The van der Waals surface area contributed by atoms with Crippen LogP contribution in [0.3, 0.4) is 0 Å². The summed E-state index contributed by atoms with van der Waals surface area (Å²) >= 11 is 0. The highest BCUT2D eigenvalue weighted by molar-refractivity contribution is 5.98. The van der Waals surface area contributed by atoms with Gasteiger partial charge in [0.2, 0.25) is 0 Å². The average molecular weight is 231 g/mol. The molecule has 0 saturated heterocycles. The van der Waals surface area contributed by atoms with E-state index in [2.05, 4.69) is 66.0 Å². The zero-order valence-electron chi connectivity index (χ0n) is 9.98. The van der Waals surface area contributed by atoms with E-state index in [9.17, 15) is 0 Å². The van der Waals surface area contributed by atoms with Crippen molar-refractivity contribution in [1.82, 2.24) is 0 Å². The normalized spacial score (nSPS) is 12.7. The molecule has 3 aromatic rings. The summed E-state index contributed by atoms with van der Waals surface area (Å²) in [4.78, 5) is 0. The van der Waals surface area contributed by atoms with Crippen molar-refractivity contribution in [3.8, 4) is 0 Å². The number of nitrogens with one attached hydrogen (secondary N) is 1. The fourth-order valence-electron chi connectivity index (χ4n) is 2.75. The molecule has 0 fully saturated rings. The zero-order chi connectivity index (χ0) is 11.9. The summed E-state index contributed by atoms with van der Waals surface area (Å²) in [5, 5.41) is 6.19. The van der Waals surface area contributed by atoms with E-state index in [-0.39, 0.29) is 0 Å². The van der Waals surface area contributed by atoms with Crippen LogP contribution in [0, 0.1) is 0 Å². The van der Waals surface area contributed by atoms with Crippen LogP contribution in [-0.2, 0) is 6.42 Å². The average Bonchev–Trinajstić information content (AvgIpc) is 2.45. The maximum Gasteiger partial charge on any atom is 0.0499 e. The van der Waals surface area contributed by atoms with Crippen molar-refractivity contribution in [3.05, 3.63) is 71.8 Å². The van der Waals surface area contributed by atoms with E-state index in [1.54, 1.807) is 0 Å². The highest BCUT2D eigenvalue weighted by Crippen LogP contribution is 2.37. The smallest absolute Gasteiger partial charge is 0.0499 e. The number of rotatable bonds is 0. The molecule has 0 saturated carbocycles. The maximum atomic E-state index is 3.58. The lowest BCUT2D eigenvalue weighted by Gasteiger charge is -2.22. The number of hydrogen-bond donors (Lipinski definition) is 1. The van der Waals surface area contributed by atoms with Crippen LogP contribution in [0.1, 0.15) is 11.1 Å². The number of para-hydroxylation sites is 1. The molecule has 4 rings (SSSR count). The van der Waals surface area contributed by atoms with E-state index < -0.39 is 0 Å². The molecule has 0 radical (unpaired) electrons. The van der Waals surface area contributed by atoms with Gasteiger partial charge < -0.3 is 5.32 Å². The Morgan fingerprint density at radius 3 is 2.56 bits per heavy atom. The minimum absolute atomic E-state index is 1.02. The van der Waals surface area contributed by atoms with Crippen LogP contribution < -0.4 is 5.32 Å². The first-order valence-electron chi connectivity index (χ1n) is 6.27. The Bertz CT molecular complexity index is 743. The van der Waals surface area contributed by atoms with Crippen LogP contribution in [0.15, 0.2) is 60.7 Å². The van der Waals surface area contributed by atoms with Gasteiger partial charge in [0.1, 0.15) is 0 Å². The van der Waals surface area contributed by atoms with E-state index in [0.717, 1.165) is 6.42 Å². The quantitative estimate of drug-likeness (QED) is 0.470. The molecule has 0 aliphatic carbocycles. The first kappa shape index (κ1) is 9.72. The molecule has 1 aliphatic heterocycles. The van der Waals surface area contributed by atoms with E-state index in [0.29, 0.717) is 0 Å². The molecule has 0 bridgehead atoms. The molecule has 0 unspecified atom stereocenters. The third kappa shape index (κ3) is 1.34. The SMILES string of the molecule is c1ccc2c(c1)Cc1ccc3ccccc3c1N2. The molecule has 3 aromatic carbocycles. The predicted octanol–water partition coefficient (Wildman–Crippen LogP) is 4.49. The van der Waals surface area contributed by atoms with Gasteiger partial charge in [-0.15, -0.1) is 0 Å². The van der Waals surface area contributed by atoms with Crippen LogP contribution in [0.5, 0.6) is 0 Å². The molecule has 1 N–H and O–H groups in total. The van der Waals surface area contributed by atoms with Gasteiger partial charge in [0.05, 0.1) is 0 Å². The first-order valence-corrected chi connectivity index (χ1v) is 6.27. The Hall–Kier alpha value is -2.28. The van der Waals surface area contributed by atoms with Gasteiger partial charge in [0.25, 0.3) is 0 Å². The molecule has 86 valence electrons. The van der Waals surface area contributed by atoms with Crippen molar-refractivity contribution in [2.24, 2.45) is 0 Å². The fraction of sp³-hybridized carbons (Fsp3) is 0.0588. The van der Waals surface area contributed by atoms with Crippen molar-refractivity contribution in [2.75, 3.05) is 5.32 Å². The van der Waals surface area contributed by atoms with Gasteiger partial charge in [-0.05, 0) is 22.6 Å². The van der Waals surface area contributed by atoms with Crippen LogP contribution in [0.2, 0.25) is 0 Å². The van der Waals surface area contributed by atoms with Gasteiger partial charge >= 0.3 is 0 Å². The predicted molar refractivity (Wildman–Crippen MR) is 76.5 cm³/mol. The van der Waals surface area contributed by atoms with Crippen molar-refractivity contribution < 1.29 is 0 Å². The van der Waals surface area contributed by atoms with Crippen LogP contribution in [-0.4, -0.2) is 0 Å². The van der Waals surface area contributed by atoms with E-state index >= 15 is 0 Å². The van der Waals surface area contributed by atoms with Gasteiger partial charge in [0.15, 0.2) is 0 Å². The number of anilines is 2. The molecular formula is C17H13N. The van der Waals surface area contributed by atoms with Gasteiger partial charge in [0, 0.05) is 23.2 Å². The summed E-state index contributed by atoms with van der Waals surface area (Å²) < 4.78 is 0. The molecule has 0 aromatic heterocycles. The van der Waals surface area contributed by atoms with Crippen LogP contribution >= 0.6 is 0 Å². The topological polar surface area (TPSA) is 12.0 Å². The largest absolute Gasteiger partial charge is 0.355 e. The highest BCUT2D eigenvalue weighted by Gasteiger charge is 2.15. The number of fused-ring (bicyclic) bond motifs is 4. The number of hydrogen-bond acceptors (Lipinski definition) is 1. The Labute approximate surface area is 106 Å². The second kappa shape index (κ2) is 3.61. The zero-order valence-corrected chi connectivity index (χ0v) is 9.98. The molecule has 0 spiro atoms. The lowest BCUT2D eigenvalue weighted by atomic mass is 9.94. The molecule has 1 heteroatoms. The van der Waals surface area contributed by atoms with E-state index in [1.165, 1.54) is 33.3 Å². The second-order valence-electron chi connectivity index (χ2n) is 4.78. The van der Waals surface area contributed by atoms with Crippen molar-refractivity contribution in [2.45, 2.75) is 6.42 Å². The maximum absolute atomic E-state index is 3.58. The van der Waals surface area contributed by atoms with Gasteiger partial charge in [-0.2, -0.15) is 0 Å². The molecular weight excluding hydrogens is 218 g/mol. The monoisotopic (exact) mass is 231 g/mol. The van der Waals surface area contributed by atoms with E-state index in [1.807, 2.05) is 0 Å². The van der Waals surface area contributed by atoms with Crippen LogP contribution in [0.25, 0.3) is 10.8 Å². The van der Waals surface area contributed by atoms with Gasteiger partial charge in [-0.1, -0.05) is 54.6 Å². The fourth-order valence-corrected chi connectivity index (χ4v) is 2.75. The summed E-state index contributed by atoms with van der Waals surface area (Å²) in [5.41, 5.74) is 5.26. The highest BCUT2D eigenvalue weighted by atomic mass is 14.9. The second-order valence-corrected chi connectivity index (χ2v) is 4.78. The Morgan fingerprint density at radius 2 is 1.56 bits per heavy atom. The Balaban J connectivity index is 1.98. The molecule has 0 atom stereocenters. The summed E-state index contributed by atoms with van der Waals surface area (Å²) in [6.07, 6.45) is 1.02. The van der Waals surface area contributed by atoms with Crippen LogP contribution in [0.4, 0.5) is 11.4 Å². The standard InChI is InChI=1S/C17H13N/c1-3-7-15-12(5-1)9-10-14-11-13-6-2-4-8-16(13)18-17(14)15/h1-10,18H,11H2. The molecule has 1 nitrogen and oxygen atoms in total. The Morgan fingerprint density at radius 1 is 0.722 bits per heavy atom. The minimum atomic E-state index is 1.02. The molecule has 1 heterocycles. The summed E-state index contributed by atoms with van der Waals surface area (Å²) in [6.45, 7) is 0. The third-order valence-corrected chi connectivity index (χ3v) is 3.67. The van der Waals surface area contributed by atoms with E-state index in [4.69, 9.17) is 0 Å². The van der Waals surface area contributed by atoms with Gasteiger partial charge in [-0.25, -0.2) is 0 Å². The number of benzene rings is 3. The lowest BCUT2D eigenvalue weighted by Crippen LogP contribution is -2.06. The Kier molecular flexibility index (Phi) is 1.95. The van der Waals surface area contributed by atoms with Crippen molar-refractivity contribution >= 4 is 22.1 Å². The molecule has 1 aliphatic rings. The van der Waals surface area contributed by atoms with Crippen molar-refractivity contribution in [3.63, 3.8) is 0 Å². The third-order valence-electron chi connectivity index (χ3n) is 3.67. The first-order chi connectivity index (χ1) is 8.92. The summed E-state index contributed by atoms with van der Waals surface area (Å²) in [6, 6.07) is 21.5. The lowest BCUT2D eigenvalue weighted by molar-refractivity contribution is 1.17.